The molecule has 1 aromatic rings. The van der Waals surface area contributed by atoms with Crippen molar-refractivity contribution in [2.75, 3.05) is 27.2 Å². The first-order chi connectivity index (χ1) is 7.13. The molecule has 0 spiro atoms. The van der Waals surface area contributed by atoms with E-state index in [1.54, 1.807) is 0 Å². The molecule has 0 saturated carbocycles. The lowest BCUT2D eigenvalue weighted by Gasteiger charge is -2.16. The molecule has 0 unspecified atom stereocenters. The second kappa shape index (κ2) is 6.33. The van der Waals surface area contributed by atoms with Crippen molar-refractivity contribution >= 4 is 23.2 Å². The fraction of sp³-hybridized carbons (Fsp3) is 0.455. The summed E-state index contributed by atoms with van der Waals surface area (Å²) in [6, 6.07) is 5.76. The normalized spacial score (nSPS) is 11.0. The molecule has 0 amide bonds. The zero-order valence-electron chi connectivity index (χ0n) is 9.06. The number of benzene rings is 1. The largest absolute Gasteiger partial charge is 0.318 e. The fourth-order valence-electron chi connectivity index (χ4n) is 1.33. The molecule has 0 radical (unpaired) electrons. The van der Waals surface area contributed by atoms with Crippen LogP contribution in [-0.4, -0.2) is 32.1 Å². The highest BCUT2D eigenvalue weighted by atomic mass is 35.5. The Morgan fingerprint density at radius 1 is 1.27 bits per heavy atom. The minimum absolute atomic E-state index is 0.610. The second-order valence-electron chi connectivity index (χ2n) is 3.59. The number of nitrogens with one attached hydrogen (secondary N) is 1. The van der Waals surface area contributed by atoms with Crippen LogP contribution in [0.25, 0.3) is 0 Å². The molecule has 0 aromatic heterocycles. The molecule has 0 aliphatic carbocycles. The second-order valence-corrected chi connectivity index (χ2v) is 4.40. The summed E-state index contributed by atoms with van der Waals surface area (Å²) in [5, 5.41) is 4.35. The van der Waals surface area contributed by atoms with Gasteiger partial charge in [0.05, 0.1) is 10.0 Å². The molecular formula is C11H16Cl2N2. The van der Waals surface area contributed by atoms with Crippen LogP contribution < -0.4 is 5.32 Å². The number of likely N-dealkylation sites (N-methyl/N-ethyl adjacent to an activating group) is 2. The highest BCUT2D eigenvalue weighted by Crippen LogP contribution is 2.22. The van der Waals surface area contributed by atoms with E-state index in [0.717, 1.165) is 19.6 Å². The van der Waals surface area contributed by atoms with Crippen molar-refractivity contribution in [2.45, 2.75) is 6.54 Å². The summed E-state index contributed by atoms with van der Waals surface area (Å²) in [6.07, 6.45) is 0. The Kier molecular flexibility index (Phi) is 5.40. The fourth-order valence-corrected chi connectivity index (χ4v) is 1.65. The van der Waals surface area contributed by atoms with Gasteiger partial charge in [0.1, 0.15) is 0 Å². The molecule has 84 valence electrons. The van der Waals surface area contributed by atoms with Gasteiger partial charge in [-0.15, -0.1) is 0 Å². The van der Waals surface area contributed by atoms with Gasteiger partial charge in [0.15, 0.2) is 0 Å². The predicted molar refractivity (Wildman–Crippen MR) is 66.7 cm³/mol. The summed E-state index contributed by atoms with van der Waals surface area (Å²) in [5.74, 6) is 0. The number of rotatable bonds is 5. The first kappa shape index (κ1) is 12.8. The van der Waals surface area contributed by atoms with E-state index in [2.05, 4.69) is 17.3 Å². The number of nitrogens with zero attached hydrogens (tertiary/aromatic N) is 1. The van der Waals surface area contributed by atoms with Gasteiger partial charge in [0, 0.05) is 19.6 Å². The smallest absolute Gasteiger partial charge is 0.0595 e. The maximum Gasteiger partial charge on any atom is 0.0595 e. The summed E-state index contributed by atoms with van der Waals surface area (Å²) in [6.45, 7) is 2.88. The number of hydrogen-bond acceptors (Lipinski definition) is 2. The highest BCUT2D eigenvalue weighted by molar-refractivity contribution is 6.42. The number of hydrogen-bond donors (Lipinski definition) is 1. The highest BCUT2D eigenvalue weighted by Gasteiger charge is 2.02. The molecule has 15 heavy (non-hydrogen) atoms. The lowest BCUT2D eigenvalue weighted by Crippen LogP contribution is -2.26. The van der Waals surface area contributed by atoms with Crippen LogP contribution in [0, 0.1) is 0 Å². The van der Waals surface area contributed by atoms with Crippen LogP contribution in [-0.2, 0) is 6.54 Å². The van der Waals surface area contributed by atoms with Gasteiger partial charge in [-0.2, -0.15) is 0 Å². The Morgan fingerprint density at radius 2 is 2.00 bits per heavy atom. The van der Waals surface area contributed by atoms with Crippen molar-refractivity contribution in [3.8, 4) is 0 Å². The van der Waals surface area contributed by atoms with Crippen LogP contribution in [0.5, 0.6) is 0 Å². The predicted octanol–water partition coefficient (Wildman–Crippen LogP) is 2.64. The van der Waals surface area contributed by atoms with Gasteiger partial charge in [0.2, 0.25) is 0 Å². The standard InChI is InChI=1S/C11H16Cl2N2/c1-14-5-6-15(2)8-9-3-4-10(12)11(13)7-9/h3-4,7,14H,5-6,8H2,1-2H3. The average Bonchev–Trinajstić information content (AvgIpc) is 2.20. The monoisotopic (exact) mass is 246 g/mol. The maximum atomic E-state index is 5.94. The summed E-state index contributed by atoms with van der Waals surface area (Å²) < 4.78 is 0. The molecule has 0 aliphatic rings. The Balaban J connectivity index is 2.53. The van der Waals surface area contributed by atoms with E-state index in [-0.39, 0.29) is 0 Å². The van der Waals surface area contributed by atoms with Crippen LogP contribution in [0.3, 0.4) is 0 Å². The molecule has 0 saturated heterocycles. The van der Waals surface area contributed by atoms with Crippen molar-refractivity contribution in [3.63, 3.8) is 0 Å². The van der Waals surface area contributed by atoms with Gasteiger partial charge in [0.25, 0.3) is 0 Å². The lowest BCUT2D eigenvalue weighted by molar-refractivity contribution is 0.328. The van der Waals surface area contributed by atoms with E-state index >= 15 is 0 Å². The molecule has 1 aromatic carbocycles. The molecule has 0 fully saturated rings. The quantitative estimate of drug-likeness (QED) is 0.860. The summed E-state index contributed by atoms with van der Waals surface area (Å²) in [5.41, 5.74) is 1.18. The van der Waals surface area contributed by atoms with Crippen LogP contribution >= 0.6 is 23.2 Å². The molecule has 0 heterocycles. The average molecular weight is 247 g/mol. The molecule has 0 aliphatic heterocycles. The summed E-state index contributed by atoms with van der Waals surface area (Å²) in [7, 11) is 4.03. The van der Waals surface area contributed by atoms with Crippen LogP contribution in [0.15, 0.2) is 18.2 Å². The van der Waals surface area contributed by atoms with Gasteiger partial charge in [-0.25, -0.2) is 0 Å². The van der Waals surface area contributed by atoms with Gasteiger partial charge in [-0.05, 0) is 31.8 Å². The van der Waals surface area contributed by atoms with Gasteiger partial charge in [-0.1, -0.05) is 29.3 Å². The first-order valence-corrected chi connectivity index (χ1v) is 5.66. The van der Waals surface area contributed by atoms with Crippen molar-refractivity contribution in [1.29, 1.82) is 0 Å². The van der Waals surface area contributed by atoms with E-state index in [1.165, 1.54) is 5.56 Å². The molecule has 4 heteroatoms. The van der Waals surface area contributed by atoms with Crippen LogP contribution in [0.4, 0.5) is 0 Å². The van der Waals surface area contributed by atoms with Crippen molar-refractivity contribution in [3.05, 3.63) is 33.8 Å². The molecular weight excluding hydrogens is 231 g/mol. The van der Waals surface area contributed by atoms with E-state index in [1.807, 2.05) is 25.2 Å². The zero-order valence-corrected chi connectivity index (χ0v) is 10.6. The van der Waals surface area contributed by atoms with Gasteiger partial charge < -0.3 is 10.2 Å². The van der Waals surface area contributed by atoms with Crippen LogP contribution in [0.1, 0.15) is 5.56 Å². The molecule has 1 rings (SSSR count). The number of halogens is 2. The van der Waals surface area contributed by atoms with Crippen LogP contribution in [0.2, 0.25) is 10.0 Å². The van der Waals surface area contributed by atoms with Crippen molar-refractivity contribution in [1.82, 2.24) is 10.2 Å². The van der Waals surface area contributed by atoms with Crippen molar-refractivity contribution in [2.24, 2.45) is 0 Å². The van der Waals surface area contributed by atoms with Crippen molar-refractivity contribution < 1.29 is 0 Å². The summed E-state index contributed by atoms with van der Waals surface area (Å²) in [4.78, 5) is 2.23. The Morgan fingerprint density at radius 3 is 2.60 bits per heavy atom. The zero-order chi connectivity index (χ0) is 11.3. The minimum atomic E-state index is 0.610. The minimum Gasteiger partial charge on any atom is -0.318 e. The SMILES string of the molecule is CNCCN(C)Cc1ccc(Cl)c(Cl)c1. The topological polar surface area (TPSA) is 15.3 Å². The molecule has 0 bridgehead atoms. The third kappa shape index (κ3) is 4.39. The van der Waals surface area contributed by atoms with Gasteiger partial charge >= 0.3 is 0 Å². The first-order valence-electron chi connectivity index (χ1n) is 4.90. The Bertz CT molecular complexity index is 315. The summed E-state index contributed by atoms with van der Waals surface area (Å²) >= 11 is 11.8. The Hall–Kier alpha value is -0.280. The molecule has 2 nitrogen and oxygen atoms in total. The third-order valence-electron chi connectivity index (χ3n) is 2.18. The van der Waals surface area contributed by atoms with E-state index < -0.39 is 0 Å². The third-order valence-corrected chi connectivity index (χ3v) is 2.92. The van der Waals surface area contributed by atoms with E-state index in [4.69, 9.17) is 23.2 Å². The maximum absolute atomic E-state index is 5.94. The van der Waals surface area contributed by atoms with E-state index in [0.29, 0.717) is 10.0 Å². The van der Waals surface area contributed by atoms with E-state index in [9.17, 15) is 0 Å². The van der Waals surface area contributed by atoms with Gasteiger partial charge in [-0.3, -0.25) is 0 Å². The lowest BCUT2D eigenvalue weighted by atomic mass is 10.2. The molecule has 1 N–H and O–H groups in total. The molecule has 0 atom stereocenters. The Labute approximate surface area is 101 Å².